The Morgan fingerprint density at radius 1 is 1.25 bits per heavy atom. The second kappa shape index (κ2) is 3.90. The highest BCUT2D eigenvalue weighted by Crippen LogP contribution is 2.10. The lowest BCUT2D eigenvalue weighted by Gasteiger charge is -2.08. The minimum atomic E-state index is 0.144. The van der Waals surface area contributed by atoms with E-state index in [9.17, 15) is 0 Å². The van der Waals surface area contributed by atoms with E-state index in [4.69, 9.17) is 10.1 Å². The molecule has 0 heterocycles. The third-order valence-electron chi connectivity index (χ3n) is 1.50. The molecule has 0 aliphatic carbocycles. The maximum Gasteiger partial charge on any atom is 0.189 e. The van der Waals surface area contributed by atoms with Crippen LogP contribution >= 0.6 is 0 Å². The summed E-state index contributed by atoms with van der Waals surface area (Å²) in [6.07, 6.45) is 0. The topological polar surface area (TPSA) is 33.1 Å². The van der Waals surface area contributed by atoms with E-state index in [1.807, 2.05) is 44.2 Å². The summed E-state index contributed by atoms with van der Waals surface area (Å²) >= 11 is 0. The summed E-state index contributed by atoms with van der Waals surface area (Å²) < 4.78 is 5.26. The molecule has 0 atom stereocenters. The van der Waals surface area contributed by atoms with Gasteiger partial charge in [-0.15, -0.1) is 0 Å². The molecule has 0 aliphatic rings. The van der Waals surface area contributed by atoms with Crippen molar-refractivity contribution in [2.45, 2.75) is 13.8 Å². The second-order valence-corrected chi connectivity index (χ2v) is 2.93. The van der Waals surface area contributed by atoms with Crippen molar-refractivity contribution >= 4 is 5.90 Å². The first kappa shape index (κ1) is 8.78. The Morgan fingerprint density at radius 2 is 1.83 bits per heavy atom. The summed E-state index contributed by atoms with van der Waals surface area (Å²) in [6, 6.07) is 9.39. The zero-order valence-electron chi connectivity index (χ0n) is 7.37. The number of para-hydroxylation sites is 1. The van der Waals surface area contributed by atoms with Gasteiger partial charge in [0.2, 0.25) is 0 Å². The molecule has 12 heavy (non-hydrogen) atoms. The summed E-state index contributed by atoms with van der Waals surface area (Å²) in [5.41, 5.74) is 0. The maximum absolute atomic E-state index is 7.46. The lowest BCUT2D eigenvalue weighted by Crippen LogP contribution is -2.13. The number of benzene rings is 1. The molecule has 0 spiro atoms. The third-order valence-corrected chi connectivity index (χ3v) is 1.50. The van der Waals surface area contributed by atoms with Gasteiger partial charge in [-0.3, -0.25) is 5.41 Å². The fourth-order valence-corrected chi connectivity index (χ4v) is 0.733. The van der Waals surface area contributed by atoms with Gasteiger partial charge >= 0.3 is 0 Å². The Kier molecular flexibility index (Phi) is 2.86. The molecule has 2 heteroatoms. The van der Waals surface area contributed by atoms with Gasteiger partial charge in [0.25, 0.3) is 0 Å². The molecule has 1 aromatic carbocycles. The van der Waals surface area contributed by atoms with E-state index in [0.29, 0.717) is 5.90 Å². The van der Waals surface area contributed by atoms with E-state index >= 15 is 0 Å². The third kappa shape index (κ3) is 2.38. The Hall–Kier alpha value is -1.31. The van der Waals surface area contributed by atoms with Gasteiger partial charge in [-0.2, -0.15) is 0 Å². The highest BCUT2D eigenvalue weighted by atomic mass is 16.5. The largest absolute Gasteiger partial charge is 0.443 e. The summed E-state index contributed by atoms with van der Waals surface area (Å²) in [5.74, 6) is 1.18. The van der Waals surface area contributed by atoms with Gasteiger partial charge < -0.3 is 4.74 Å². The summed E-state index contributed by atoms with van der Waals surface area (Å²) in [5, 5.41) is 7.46. The molecule has 1 rings (SSSR count). The summed E-state index contributed by atoms with van der Waals surface area (Å²) in [6.45, 7) is 3.87. The fraction of sp³-hybridized carbons (Fsp3) is 0.300. The lowest BCUT2D eigenvalue weighted by molar-refractivity contribution is 0.501. The van der Waals surface area contributed by atoms with Crippen molar-refractivity contribution < 1.29 is 4.74 Å². The van der Waals surface area contributed by atoms with Crippen molar-refractivity contribution in [3.05, 3.63) is 30.3 Å². The predicted molar refractivity (Wildman–Crippen MR) is 49.6 cm³/mol. The molecule has 0 aliphatic heterocycles. The van der Waals surface area contributed by atoms with Gasteiger partial charge in [0.1, 0.15) is 5.75 Å². The van der Waals surface area contributed by atoms with Crippen LogP contribution in [-0.2, 0) is 0 Å². The first-order valence-electron chi connectivity index (χ1n) is 4.01. The van der Waals surface area contributed by atoms with Crippen LogP contribution in [0.3, 0.4) is 0 Å². The van der Waals surface area contributed by atoms with Crippen LogP contribution in [0.15, 0.2) is 30.3 Å². The molecule has 0 unspecified atom stereocenters. The number of nitrogens with one attached hydrogen (secondary N) is 1. The van der Waals surface area contributed by atoms with Crippen molar-refractivity contribution in [3.8, 4) is 5.75 Å². The Morgan fingerprint density at radius 3 is 2.33 bits per heavy atom. The average molecular weight is 163 g/mol. The molecule has 2 nitrogen and oxygen atoms in total. The lowest BCUT2D eigenvalue weighted by atomic mass is 10.2. The molecule has 0 saturated carbocycles. The van der Waals surface area contributed by atoms with Crippen molar-refractivity contribution in [2.75, 3.05) is 0 Å². The number of rotatable bonds is 2. The first-order chi connectivity index (χ1) is 5.70. The molecule has 0 amide bonds. The van der Waals surface area contributed by atoms with Crippen molar-refractivity contribution in [2.24, 2.45) is 5.92 Å². The Labute approximate surface area is 72.7 Å². The zero-order chi connectivity index (χ0) is 8.97. The normalized spacial score (nSPS) is 9.92. The summed E-state index contributed by atoms with van der Waals surface area (Å²) in [4.78, 5) is 0. The molecule has 1 N–H and O–H groups in total. The number of ether oxygens (including phenoxy) is 1. The molecule has 0 fully saturated rings. The van der Waals surface area contributed by atoms with Crippen LogP contribution in [0.5, 0.6) is 5.75 Å². The van der Waals surface area contributed by atoms with E-state index < -0.39 is 0 Å². The molecular weight excluding hydrogens is 150 g/mol. The standard InChI is InChI=1S/C10H13NO/c1-8(2)10(11)12-9-6-4-3-5-7-9/h3-8,11H,1-2H3. The van der Waals surface area contributed by atoms with E-state index in [1.165, 1.54) is 0 Å². The van der Waals surface area contributed by atoms with Gasteiger partial charge in [-0.1, -0.05) is 32.0 Å². The average Bonchev–Trinajstić information content (AvgIpc) is 2.06. The smallest absolute Gasteiger partial charge is 0.189 e. The molecule has 1 aromatic rings. The predicted octanol–water partition coefficient (Wildman–Crippen LogP) is 2.70. The molecule has 0 saturated heterocycles. The van der Waals surface area contributed by atoms with Gasteiger partial charge in [0, 0.05) is 5.92 Å². The minimum Gasteiger partial charge on any atom is -0.443 e. The zero-order valence-corrected chi connectivity index (χ0v) is 7.37. The van der Waals surface area contributed by atoms with E-state index in [1.54, 1.807) is 0 Å². The van der Waals surface area contributed by atoms with Gasteiger partial charge in [-0.25, -0.2) is 0 Å². The minimum absolute atomic E-state index is 0.144. The number of hydrogen-bond acceptors (Lipinski definition) is 2. The van der Waals surface area contributed by atoms with Crippen LogP contribution < -0.4 is 4.74 Å². The molecular formula is C10H13NO. The highest BCUT2D eigenvalue weighted by Gasteiger charge is 2.03. The van der Waals surface area contributed by atoms with Gasteiger partial charge in [-0.05, 0) is 12.1 Å². The van der Waals surface area contributed by atoms with Crippen molar-refractivity contribution in [1.82, 2.24) is 0 Å². The maximum atomic E-state index is 7.46. The van der Waals surface area contributed by atoms with Crippen LogP contribution in [0.4, 0.5) is 0 Å². The van der Waals surface area contributed by atoms with Crippen LogP contribution in [0.2, 0.25) is 0 Å². The van der Waals surface area contributed by atoms with Crippen LogP contribution in [0.1, 0.15) is 13.8 Å². The summed E-state index contributed by atoms with van der Waals surface area (Å²) in [7, 11) is 0. The quantitative estimate of drug-likeness (QED) is 0.527. The fourth-order valence-electron chi connectivity index (χ4n) is 0.733. The molecule has 64 valence electrons. The molecule has 0 aromatic heterocycles. The van der Waals surface area contributed by atoms with Crippen LogP contribution in [0.25, 0.3) is 0 Å². The van der Waals surface area contributed by atoms with E-state index in [-0.39, 0.29) is 5.92 Å². The van der Waals surface area contributed by atoms with Crippen molar-refractivity contribution in [1.29, 1.82) is 5.41 Å². The monoisotopic (exact) mass is 163 g/mol. The van der Waals surface area contributed by atoms with Gasteiger partial charge in [0.15, 0.2) is 5.90 Å². The molecule has 0 radical (unpaired) electrons. The van der Waals surface area contributed by atoms with E-state index in [0.717, 1.165) is 5.75 Å². The highest BCUT2D eigenvalue weighted by molar-refractivity contribution is 5.77. The van der Waals surface area contributed by atoms with Crippen LogP contribution in [-0.4, -0.2) is 5.90 Å². The Bertz CT molecular complexity index is 254. The molecule has 0 bridgehead atoms. The SMILES string of the molecule is CC(C)C(=N)Oc1ccccc1. The first-order valence-corrected chi connectivity index (χ1v) is 4.01. The number of hydrogen-bond donors (Lipinski definition) is 1. The second-order valence-electron chi connectivity index (χ2n) is 2.93. The van der Waals surface area contributed by atoms with Crippen LogP contribution in [0, 0.1) is 11.3 Å². The van der Waals surface area contributed by atoms with E-state index in [2.05, 4.69) is 0 Å². The Balaban J connectivity index is 2.59. The van der Waals surface area contributed by atoms with Crippen molar-refractivity contribution in [3.63, 3.8) is 0 Å². The van der Waals surface area contributed by atoms with Gasteiger partial charge in [0.05, 0.1) is 0 Å².